The first-order valence-corrected chi connectivity index (χ1v) is 10.8. The first-order chi connectivity index (χ1) is 14.9. The number of anilines is 1. The number of hydrogen-bond acceptors (Lipinski definition) is 6. The lowest BCUT2D eigenvalue weighted by atomic mass is 10.2. The Morgan fingerprint density at radius 1 is 1.10 bits per heavy atom. The Morgan fingerprint density at radius 2 is 1.90 bits per heavy atom. The molecule has 3 heterocycles. The molecule has 3 aromatic heterocycles. The molecule has 1 amide bonds. The number of nitrogens with one attached hydrogen (secondary N) is 2. The summed E-state index contributed by atoms with van der Waals surface area (Å²) in [5, 5.41) is 2.74. The van der Waals surface area contributed by atoms with Crippen LogP contribution < -0.4 is 10.0 Å². The van der Waals surface area contributed by atoms with E-state index in [-0.39, 0.29) is 17.3 Å². The van der Waals surface area contributed by atoms with E-state index in [0.717, 1.165) is 5.82 Å². The number of furan rings is 1. The molecular formula is C21H19N5O4S. The molecule has 0 atom stereocenters. The molecule has 31 heavy (non-hydrogen) atoms. The first kappa shape index (κ1) is 20.5. The lowest BCUT2D eigenvalue weighted by molar-refractivity contribution is 0.102. The van der Waals surface area contributed by atoms with Gasteiger partial charge in [0.05, 0.1) is 29.6 Å². The summed E-state index contributed by atoms with van der Waals surface area (Å²) in [7, 11) is -3.73. The monoisotopic (exact) mass is 437 g/mol. The van der Waals surface area contributed by atoms with Crippen LogP contribution in [0.4, 0.5) is 5.69 Å². The van der Waals surface area contributed by atoms with Gasteiger partial charge < -0.3 is 9.73 Å². The molecule has 9 nitrogen and oxygen atoms in total. The van der Waals surface area contributed by atoms with Gasteiger partial charge in [-0.15, -0.1) is 0 Å². The lowest BCUT2D eigenvalue weighted by Crippen LogP contribution is -2.23. The van der Waals surface area contributed by atoms with Crippen molar-refractivity contribution < 1.29 is 17.6 Å². The summed E-state index contributed by atoms with van der Waals surface area (Å²) in [5.74, 6) is 1.62. The van der Waals surface area contributed by atoms with Crippen molar-refractivity contribution in [2.75, 3.05) is 5.32 Å². The van der Waals surface area contributed by atoms with Gasteiger partial charge in [-0.2, -0.15) is 0 Å². The average Bonchev–Trinajstić information content (AvgIpc) is 3.45. The van der Waals surface area contributed by atoms with E-state index >= 15 is 0 Å². The van der Waals surface area contributed by atoms with Crippen molar-refractivity contribution in [3.05, 3.63) is 90.5 Å². The Hall–Kier alpha value is -3.76. The van der Waals surface area contributed by atoms with Gasteiger partial charge in [-0.1, -0.05) is 0 Å². The van der Waals surface area contributed by atoms with Gasteiger partial charge in [-0.05, 0) is 55.5 Å². The molecule has 4 aromatic rings. The van der Waals surface area contributed by atoms with E-state index in [1.54, 1.807) is 42.9 Å². The number of hydrogen-bond donors (Lipinski definition) is 2. The summed E-state index contributed by atoms with van der Waals surface area (Å²) in [5.41, 5.74) is 0.836. The van der Waals surface area contributed by atoms with E-state index in [9.17, 15) is 13.2 Å². The smallest absolute Gasteiger partial charge is 0.255 e. The second kappa shape index (κ2) is 8.54. The summed E-state index contributed by atoms with van der Waals surface area (Å²) in [6.07, 6.45) is 6.50. The Labute approximate surface area is 178 Å². The summed E-state index contributed by atoms with van der Waals surface area (Å²) >= 11 is 0. The van der Waals surface area contributed by atoms with Crippen LogP contribution in [0.25, 0.3) is 5.82 Å². The van der Waals surface area contributed by atoms with E-state index in [2.05, 4.69) is 20.0 Å². The summed E-state index contributed by atoms with van der Waals surface area (Å²) in [6, 6.07) is 12.5. The van der Waals surface area contributed by atoms with Crippen LogP contribution in [-0.2, 0) is 16.6 Å². The Morgan fingerprint density at radius 3 is 2.52 bits per heavy atom. The first-order valence-electron chi connectivity index (χ1n) is 9.32. The number of amides is 1. The van der Waals surface area contributed by atoms with Gasteiger partial charge in [0.15, 0.2) is 0 Å². The molecule has 0 aliphatic heterocycles. The third-order valence-electron chi connectivity index (χ3n) is 4.52. The zero-order chi connectivity index (χ0) is 21.8. The van der Waals surface area contributed by atoms with E-state index in [4.69, 9.17) is 4.42 Å². The number of nitrogens with zero attached hydrogens (tertiary/aromatic N) is 3. The van der Waals surface area contributed by atoms with E-state index in [1.165, 1.54) is 30.5 Å². The van der Waals surface area contributed by atoms with Crippen molar-refractivity contribution in [1.82, 2.24) is 19.3 Å². The largest absolute Gasteiger partial charge is 0.468 e. The van der Waals surface area contributed by atoms with Crippen LogP contribution in [0.2, 0.25) is 0 Å². The van der Waals surface area contributed by atoms with E-state index < -0.39 is 10.0 Å². The van der Waals surface area contributed by atoms with Gasteiger partial charge in [0.2, 0.25) is 10.0 Å². The number of benzene rings is 1. The fourth-order valence-electron chi connectivity index (χ4n) is 2.87. The molecule has 0 saturated carbocycles. The van der Waals surface area contributed by atoms with Gasteiger partial charge in [0, 0.05) is 18.0 Å². The number of sulfonamides is 1. The van der Waals surface area contributed by atoms with Crippen molar-refractivity contribution in [3.8, 4) is 5.82 Å². The van der Waals surface area contributed by atoms with Crippen LogP contribution in [0.15, 0.2) is 82.7 Å². The molecule has 1 aromatic carbocycles. The minimum Gasteiger partial charge on any atom is -0.468 e. The normalized spacial score (nSPS) is 11.4. The number of pyridine rings is 1. The second-order valence-electron chi connectivity index (χ2n) is 6.63. The Kier molecular flexibility index (Phi) is 5.65. The molecule has 0 fully saturated rings. The molecule has 4 rings (SSSR count). The molecule has 0 bridgehead atoms. The highest BCUT2D eigenvalue weighted by atomic mass is 32.2. The molecule has 10 heteroatoms. The van der Waals surface area contributed by atoms with Crippen LogP contribution in [0.1, 0.15) is 21.9 Å². The standard InChI is InChI=1S/C21H19N5O4S/c1-15-22-10-11-26(15)20-9-6-17(13-23-20)25-21(27)16-4-7-19(8-5-16)31(28,29)24-14-18-3-2-12-30-18/h2-13,24H,14H2,1H3,(H,25,27). The highest BCUT2D eigenvalue weighted by molar-refractivity contribution is 7.89. The Balaban J connectivity index is 1.40. The van der Waals surface area contributed by atoms with Gasteiger partial charge in [-0.25, -0.2) is 23.1 Å². The van der Waals surface area contributed by atoms with Crippen LogP contribution in [0.3, 0.4) is 0 Å². The van der Waals surface area contributed by atoms with Crippen molar-refractivity contribution in [1.29, 1.82) is 0 Å². The van der Waals surface area contributed by atoms with Gasteiger partial charge in [-0.3, -0.25) is 9.36 Å². The molecule has 2 N–H and O–H groups in total. The fourth-order valence-corrected chi connectivity index (χ4v) is 3.87. The van der Waals surface area contributed by atoms with Crippen LogP contribution in [0, 0.1) is 6.92 Å². The second-order valence-corrected chi connectivity index (χ2v) is 8.40. The zero-order valence-corrected chi connectivity index (χ0v) is 17.3. The van der Waals surface area contributed by atoms with Gasteiger partial charge in [0.1, 0.15) is 17.4 Å². The van der Waals surface area contributed by atoms with Crippen LogP contribution in [0.5, 0.6) is 0 Å². The quantitative estimate of drug-likeness (QED) is 0.459. The maximum atomic E-state index is 12.5. The predicted octanol–water partition coefficient (Wildman–Crippen LogP) is 2.90. The molecule has 0 saturated heterocycles. The number of imidazole rings is 1. The lowest BCUT2D eigenvalue weighted by Gasteiger charge is -2.09. The van der Waals surface area contributed by atoms with Gasteiger partial charge in [0.25, 0.3) is 5.91 Å². The molecule has 0 radical (unpaired) electrons. The minimum absolute atomic E-state index is 0.0408. The van der Waals surface area contributed by atoms with Crippen molar-refractivity contribution in [2.45, 2.75) is 18.4 Å². The minimum atomic E-state index is -3.73. The SMILES string of the molecule is Cc1nccn1-c1ccc(NC(=O)c2ccc(S(=O)(=O)NCc3ccco3)cc2)cn1. The van der Waals surface area contributed by atoms with Crippen LogP contribution >= 0.6 is 0 Å². The summed E-state index contributed by atoms with van der Waals surface area (Å²) < 4.78 is 34.2. The number of rotatable bonds is 7. The van der Waals surface area contributed by atoms with Crippen molar-refractivity contribution in [3.63, 3.8) is 0 Å². The molecule has 0 spiro atoms. The van der Waals surface area contributed by atoms with Crippen LogP contribution in [-0.4, -0.2) is 28.9 Å². The third kappa shape index (κ3) is 4.71. The van der Waals surface area contributed by atoms with Gasteiger partial charge >= 0.3 is 0 Å². The average molecular weight is 437 g/mol. The molecule has 0 unspecified atom stereocenters. The third-order valence-corrected chi connectivity index (χ3v) is 5.94. The molecule has 0 aliphatic rings. The highest BCUT2D eigenvalue weighted by Crippen LogP contribution is 2.15. The van der Waals surface area contributed by atoms with E-state index in [1.807, 2.05) is 11.5 Å². The predicted molar refractivity (Wildman–Crippen MR) is 113 cm³/mol. The molecule has 0 aliphatic carbocycles. The highest BCUT2D eigenvalue weighted by Gasteiger charge is 2.15. The fraction of sp³-hybridized carbons (Fsp3) is 0.0952. The number of carbonyl (C=O) groups is 1. The molecule has 158 valence electrons. The number of carbonyl (C=O) groups excluding carboxylic acids is 1. The summed E-state index contributed by atoms with van der Waals surface area (Å²) in [6.45, 7) is 1.91. The zero-order valence-electron chi connectivity index (χ0n) is 16.5. The number of aryl methyl sites for hydroxylation is 1. The molecular weight excluding hydrogens is 418 g/mol. The van der Waals surface area contributed by atoms with Crippen molar-refractivity contribution >= 4 is 21.6 Å². The maximum absolute atomic E-state index is 12.5. The maximum Gasteiger partial charge on any atom is 0.255 e. The van der Waals surface area contributed by atoms with E-state index in [0.29, 0.717) is 22.8 Å². The topological polar surface area (TPSA) is 119 Å². The number of aromatic nitrogens is 3. The van der Waals surface area contributed by atoms with Crippen molar-refractivity contribution in [2.24, 2.45) is 0 Å². The Bertz CT molecular complexity index is 1280. The summed E-state index contributed by atoms with van der Waals surface area (Å²) in [4.78, 5) is 21.0.